The molecule has 154 valence electrons. The van der Waals surface area contributed by atoms with Crippen molar-refractivity contribution in [3.63, 3.8) is 0 Å². The van der Waals surface area contributed by atoms with Crippen LogP contribution in [0.4, 0.5) is 11.8 Å². The topological polar surface area (TPSA) is 119 Å². The summed E-state index contributed by atoms with van der Waals surface area (Å²) in [6.45, 7) is 0.271. The number of hydrogen-bond donors (Lipinski definition) is 3. The highest BCUT2D eigenvalue weighted by atomic mass is 35.5. The quantitative estimate of drug-likeness (QED) is 0.576. The van der Waals surface area contributed by atoms with E-state index in [4.69, 9.17) is 26.8 Å². The Hall–Kier alpha value is -3.52. The van der Waals surface area contributed by atoms with Crippen LogP contribution in [0.25, 0.3) is 0 Å². The van der Waals surface area contributed by atoms with Gasteiger partial charge >= 0.3 is 0 Å². The van der Waals surface area contributed by atoms with Crippen molar-refractivity contribution < 1.29 is 14.3 Å². The summed E-state index contributed by atoms with van der Waals surface area (Å²) in [7, 11) is 1.53. The van der Waals surface area contributed by atoms with Gasteiger partial charge in [0.15, 0.2) is 11.5 Å². The number of nitrogens with one attached hydrogen (secondary N) is 2. The Morgan fingerprint density at radius 2 is 2.00 bits per heavy atom. The second-order valence-electron chi connectivity index (χ2n) is 6.81. The lowest BCUT2D eigenvalue weighted by molar-refractivity contribution is -0.116. The van der Waals surface area contributed by atoms with Crippen LogP contribution in [0.5, 0.6) is 11.5 Å². The van der Waals surface area contributed by atoms with Crippen LogP contribution in [-0.4, -0.2) is 23.0 Å². The van der Waals surface area contributed by atoms with Gasteiger partial charge in [0.05, 0.1) is 12.7 Å². The molecule has 0 saturated heterocycles. The maximum Gasteiger partial charge on any atom is 0.258 e. The first-order chi connectivity index (χ1) is 14.5. The van der Waals surface area contributed by atoms with Crippen molar-refractivity contribution in [2.45, 2.75) is 18.9 Å². The standard InChI is InChI=1S/C21H19ClN4O4/c1-29-16-8-11(6-7-15(16)30-10-12-4-2-3-5-14(12)22)13-9-17(27)24-19-18(13)20(28)26-21(23)25-19/h2-8,13H,9-10H2,1H3,(H4,23,24,25,26,27,28)/t13-/m0/s1. The number of H-pyrrole nitrogens is 1. The van der Waals surface area contributed by atoms with Crippen LogP contribution in [0, 0.1) is 0 Å². The molecule has 4 rings (SSSR count). The second kappa shape index (κ2) is 8.08. The van der Waals surface area contributed by atoms with Crippen molar-refractivity contribution in [3.8, 4) is 11.5 Å². The summed E-state index contributed by atoms with van der Waals surface area (Å²) in [5.41, 5.74) is 7.15. The Bertz CT molecular complexity index is 1180. The third kappa shape index (κ3) is 3.81. The predicted molar refractivity (Wildman–Crippen MR) is 113 cm³/mol. The first kappa shape index (κ1) is 19.8. The molecule has 0 fully saturated rings. The first-order valence-electron chi connectivity index (χ1n) is 9.20. The van der Waals surface area contributed by atoms with Crippen LogP contribution >= 0.6 is 11.6 Å². The summed E-state index contributed by atoms with van der Waals surface area (Å²) < 4.78 is 11.4. The Morgan fingerprint density at radius 3 is 2.77 bits per heavy atom. The van der Waals surface area contributed by atoms with E-state index in [9.17, 15) is 9.59 Å². The molecule has 0 radical (unpaired) electrons. The number of aromatic nitrogens is 2. The fourth-order valence-electron chi connectivity index (χ4n) is 3.46. The molecule has 4 N–H and O–H groups in total. The third-order valence-electron chi connectivity index (χ3n) is 4.90. The van der Waals surface area contributed by atoms with Gasteiger partial charge in [-0.1, -0.05) is 35.9 Å². The predicted octanol–water partition coefficient (Wildman–Crippen LogP) is 3.07. The molecule has 2 aromatic carbocycles. The number of nitrogen functional groups attached to an aromatic ring is 1. The van der Waals surface area contributed by atoms with Crippen molar-refractivity contribution in [2.24, 2.45) is 0 Å². The molecule has 0 unspecified atom stereocenters. The maximum atomic E-state index is 12.5. The van der Waals surface area contributed by atoms with Gasteiger partial charge in [-0.15, -0.1) is 0 Å². The minimum absolute atomic E-state index is 0.0550. The molecular weight excluding hydrogens is 408 g/mol. The number of benzene rings is 2. The number of rotatable bonds is 5. The summed E-state index contributed by atoms with van der Waals surface area (Å²) >= 11 is 6.18. The highest BCUT2D eigenvalue weighted by Crippen LogP contribution is 2.38. The molecule has 1 amide bonds. The molecule has 0 aliphatic carbocycles. The van der Waals surface area contributed by atoms with Crippen LogP contribution in [0.15, 0.2) is 47.3 Å². The normalized spacial score (nSPS) is 15.3. The number of hydrogen-bond acceptors (Lipinski definition) is 6. The summed E-state index contributed by atoms with van der Waals surface area (Å²) in [6.07, 6.45) is 0.102. The first-order valence-corrected chi connectivity index (χ1v) is 9.57. The Morgan fingerprint density at radius 1 is 1.20 bits per heavy atom. The minimum atomic E-state index is -0.489. The second-order valence-corrected chi connectivity index (χ2v) is 7.22. The molecule has 2 heterocycles. The van der Waals surface area contributed by atoms with E-state index < -0.39 is 5.92 Å². The molecular formula is C21H19ClN4O4. The molecule has 9 heteroatoms. The smallest absolute Gasteiger partial charge is 0.258 e. The van der Waals surface area contributed by atoms with E-state index in [1.807, 2.05) is 18.2 Å². The van der Waals surface area contributed by atoms with E-state index in [1.165, 1.54) is 7.11 Å². The molecule has 30 heavy (non-hydrogen) atoms. The Labute approximate surface area is 177 Å². The number of amides is 1. The minimum Gasteiger partial charge on any atom is -0.493 e. The number of nitrogens with two attached hydrogens (primary N) is 1. The number of carbonyl (C=O) groups is 1. The van der Waals surface area contributed by atoms with Gasteiger partial charge in [0.25, 0.3) is 5.56 Å². The molecule has 1 aliphatic rings. The van der Waals surface area contributed by atoms with Crippen molar-refractivity contribution in [2.75, 3.05) is 18.2 Å². The van der Waals surface area contributed by atoms with Crippen LogP contribution < -0.4 is 26.1 Å². The number of halogens is 1. The van der Waals surface area contributed by atoms with E-state index in [0.717, 1.165) is 11.1 Å². The number of anilines is 2. The summed E-state index contributed by atoms with van der Waals surface area (Å²) in [4.78, 5) is 31.2. The van der Waals surface area contributed by atoms with E-state index >= 15 is 0 Å². The van der Waals surface area contributed by atoms with Gasteiger partial charge in [-0.25, -0.2) is 0 Å². The van der Waals surface area contributed by atoms with Crippen LogP contribution in [0.3, 0.4) is 0 Å². The zero-order chi connectivity index (χ0) is 21.3. The number of carbonyl (C=O) groups excluding carboxylic acids is 1. The Balaban J connectivity index is 1.66. The zero-order valence-electron chi connectivity index (χ0n) is 16.1. The lowest BCUT2D eigenvalue weighted by atomic mass is 9.86. The number of aromatic amines is 1. The highest BCUT2D eigenvalue weighted by Gasteiger charge is 2.31. The molecule has 1 aliphatic heterocycles. The van der Waals surface area contributed by atoms with Gasteiger partial charge in [-0.05, 0) is 23.8 Å². The van der Waals surface area contributed by atoms with Crippen LogP contribution in [0.1, 0.15) is 29.0 Å². The van der Waals surface area contributed by atoms with Gasteiger partial charge < -0.3 is 20.5 Å². The average Bonchev–Trinajstić information content (AvgIpc) is 2.72. The van der Waals surface area contributed by atoms with Crippen molar-refractivity contribution in [1.82, 2.24) is 9.97 Å². The lowest BCUT2D eigenvalue weighted by Gasteiger charge is -2.25. The lowest BCUT2D eigenvalue weighted by Crippen LogP contribution is -2.31. The number of fused-ring (bicyclic) bond motifs is 1. The largest absolute Gasteiger partial charge is 0.493 e. The van der Waals surface area contributed by atoms with E-state index in [0.29, 0.717) is 22.1 Å². The number of ether oxygens (including phenoxy) is 2. The molecule has 1 aromatic heterocycles. The zero-order valence-corrected chi connectivity index (χ0v) is 16.8. The molecule has 0 spiro atoms. The molecule has 3 aromatic rings. The van der Waals surface area contributed by atoms with Gasteiger partial charge in [0.1, 0.15) is 12.4 Å². The fourth-order valence-corrected chi connectivity index (χ4v) is 3.65. The number of nitrogens with zero attached hydrogens (tertiary/aromatic N) is 1. The van der Waals surface area contributed by atoms with Crippen molar-refractivity contribution >= 4 is 29.3 Å². The maximum absolute atomic E-state index is 12.5. The van der Waals surface area contributed by atoms with Gasteiger partial charge in [0.2, 0.25) is 11.9 Å². The SMILES string of the molecule is COc1cc([C@@H]2CC(=O)Nc3nc(N)[nH]c(=O)c32)ccc1OCc1ccccc1Cl. The average molecular weight is 427 g/mol. The molecule has 0 bridgehead atoms. The molecule has 1 atom stereocenters. The van der Waals surface area contributed by atoms with E-state index in [1.54, 1.807) is 24.3 Å². The van der Waals surface area contributed by atoms with E-state index in [2.05, 4.69) is 15.3 Å². The Kier molecular flexibility index (Phi) is 5.33. The monoisotopic (exact) mass is 426 g/mol. The summed E-state index contributed by atoms with van der Waals surface area (Å²) in [6, 6.07) is 12.7. The molecule has 0 saturated carbocycles. The van der Waals surface area contributed by atoms with Gasteiger partial charge in [0, 0.05) is 22.9 Å². The van der Waals surface area contributed by atoms with Gasteiger partial charge in [-0.2, -0.15) is 4.98 Å². The summed E-state index contributed by atoms with van der Waals surface area (Å²) in [5, 5.41) is 3.22. The van der Waals surface area contributed by atoms with Crippen LogP contribution in [-0.2, 0) is 11.4 Å². The van der Waals surface area contributed by atoms with Crippen molar-refractivity contribution in [1.29, 1.82) is 0 Å². The van der Waals surface area contributed by atoms with Crippen LogP contribution in [0.2, 0.25) is 5.02 Å². The third-order valence-corrected chi connectivity index (χ3v) is 5.27. The van der Waals surface area contributed by atoms with Crippen molar-refractivity contribution in [3.05, 3.63) is 74.5 Å². The summed E-state index contributed by atoms with van der Waals surface area (Å²) in [5.74, 6) is 0.383. The highest BCUT2D eigenvalue weighted by molar-refractivity contribution is 6.31. The van der Waals surface area contributed by atoms with E-state index in [-0.39, 0.29) is 36.3 Å². The fraction of sp³-hybridized carbons (Fsp3) is 0.190. The number of methoxy groups -OCH3 is 1. The molecule has 8 nitrogen and oxygen atoms in total. The van der Waals surface area contributed by atoms with Gasteiger partial charge in [-0.3, -0.25) is 14.6 Å².